The summed E-state index contributed by atoms with van der Waals surface area (Å²) in [6, 6.07) is 4.25. The van der Waals surface area contributed by atoms with Gasteiger partial charge < -0.3 is 9.84 Å². The van der Waals surface area contributed by atoms with Crippen molar-refractivity contribution in [1.29, 1.82) is 0 Å². The highest BCUT2D eigenvalue weighted by Gasteiger charge is 2.18. The minimum absolute atomic E-state index is 0.00229. The van der Waals surface area contributed by atoms with Crippen molar-refractivity contribution in [3.63, 3.8) is 0 Å². The van der Waals surface area contributed by atoms with Crippen LogP contribution < -0.4 is 4.74 Å². The highest BCUT2D eigenvalue weighted by molar-refractivity contribution is 5.88. The Morgan fingerprint density at radius 3 is 2.67 bits per heavy atom. The van der Waals surface area contributed by atoms with Gasteiger partial charge >= 0.3 is 17.7 Å². The SMILES string of the molecule is Cc1ccc([N+](=O)[O-])c(Oc2ncc(C(=O)O)c(C)n2)c1. The molecule has 0 aliphatic heterocycles. The fourth-order valence-electron chi connectivity index (χ4n) is 1.66. The first kappa shape index (κ1) is 14.4. The van der Waals surface area contributed by atoms with Crippen LogP contribution in [0.3, 0.4) is 0 Å². The van der Waals surface area contributed by atoms with E-state index in [4.69, 9.17) is 9.84 Å². The van der Waals surface area contributed by atoms with E-state index in [1.165, 1.54) is 19.1 Å². The number of ether oxygens (including phenoxy) is 1. The van der Waals surface area contributed by atoms with E-state index in [-0.39, 0.29) is 28.7 Å². The summed E-state index contributed by atoms with van der Waals surface area (Å²) in [4.78, 5) is 28.9. The maximum Gasteiger partial charge on any atom is 0.339 e. The summed E-state index contributed by atoms with van der Waals surface area (Å²) < 4.78 is 5.31. The molecule has 0 bridgehead atoms. The highest BCUT2D eigenvalue weighted by Crippen LogP contribution is 2.30. The molecule has 0 unspecified atom stereocenters. The number of carboxylic acids is 1. The molecule has 1 N–H and O–H groups in total. The fraction of sp³-hybridized carbons (Fsp3) is 0.154. The van der Waals surface area contributed by atoms with Gasteiger partial charge in [0, 0.05) is 12.3 Å². The molecule has 0 radical (unpaired) electrons. The molecule has 0 saturated heterocycles. The van der Waals surface area contributed by atoms with Crippen LogP contribution in [0.25, 0.3) is 0 Å². The Labute approximate surface area is 119 Å². The van der Waals surface area contributed by atoms with Crippen molar-refractivity contribution in [2.45, 2.75) is 13.8 Å². The molecule has 8 heteroatoms. The van der Waals surface area contributed by atoms with Gasteiger partial charge in [-0.3, -0.25) is 10.1 Å². The number of hydrogen-bond acceptors (Lipinski definition) is 6. The summed E-state index contributed by atoms with van der Waals surface area (Å²) >= 11 is 0. The second-order valence-corrected chi connectivity index (χ2v) is 4.29. The van der Waals surface area contributed by atoms with Gasteiger partial charge in [0.1, 0.15) is 0 Å². The molecular weight excluding hydrogens is 278 g/mol. The molecule has 1 aromatic carbocycles. The summed E-state index contributed by atoms with van der Waals surface area (Å²) in [5.74, 6) is -1.15. The highest BCUT2D eigenvalue weighted by atomic mass is 16.6. The average Bonchev–Trinajstić information content (AvgIpc) is 2.37. The molecule has 0 atom stereocenters. The molecular formula is C13H11N3O5. The van der Waals surface area contributed by atoms with E-state index in [1.54, 1.807) is 13.0 Å². The number of carbonyl (C=O) groups is 1. The lowest BCUT2D eigenvalue weighted by molar-refractivity contribution is -0.385. The third kappa shape index (κ3) is 3.11. The first-order valence-corrected chi connectivity index (χ1v) is 5.88. The molecule has 0 saturated carbocycles. The van der Waals surface area contributed by atoms with Crippen LogP contribution >= 0.6 is 0 Å². The predicted molar refractivity (Wildman–Crippen MR) is 71.6 cm³/mol. The van der Waals surface area contributed by atoms with Gasteiger partial charge in [0.2, 0.25) is 5.75 Å². The standard InChI is InChI=1S/C13H11N3O5/c1-7-3-4-10(16(19)20)11(5-7)21-13-14-6-9(12(17)18)8(2)15-13/h3-6H,1-2H3,(H,17,18). The van der Waals surface area contributed by atoms with Crippen LogP contribution in [0.2, 0.25) is 0 Å². The van der Waals surface area contributed by atoms with Gasteiger partial charge in [-0.1, -0.05) is 6.07 Å². The number of aromatic carboxylic acids is 1. The van der Waals surface area contributed by atoms with Gasteiger partial charge in [0.25, 0.3) is 0 Å². The monoisotopic (exact) mass is 289 g/mol. The molecule has 8 nitrogen and oxygen atoms in total. The molecule has 1 heterocycles. The van der Waals surface area contributed by atoms with Gasteiger partial charge in [-0.25, -0.2) is 9.78 Å². The maximum atomic E-state index is 10.9. The van der Waals surface area contributed by atoms with Gasteiger partial charge in [-0.15, -0.1) is 0 Å². The number of hydrogen-bond donors (Lipinski definition) is 1. The normalized spacial score (nSPS) is 10.2. The molecule has 2 aromatic rings. The molecule has 21 heavy (non-hydrogen) atoms. The van der Waals surface area contributed by atoms with E-state index < -0.39 is 10.9 Å². The average molecular weight is 289 g/mol. The van der Waals surface area contributed by atoms with E-state index in [0.29, 0.717) is 0 Å². The molecule has 1 aromatic heterocycles. The lowest BCUT2D eigenvalue weighted by atomic mass is 10.2. The zero-order chi connectivity index (χ0) is 15.6. The van der Waals surface area contributed by atoms with Crippen LogP contribution in [0.5, 0.6) is 11.8 Å². The summed E-state index contributed by atoms with van der Waals surface area (Å²) in [5.41, 5.74) is 0.711. The Morgan fingerprint density at radius 2 is 2.10 bits per heavy atom. The fourth-order valence-corrected chi connectivity index (χ4v) is 1.66. The maximum absolute atomic E-state index is 10.9. The molecule has 0 aliphatic carbocycles. The molecule has 2 rings (SSSR count). The topological polar surface area (TPSA) is 115 Å². The zero-order valence-corrected chi connectivity index (χ0v) is 11.2. The van der Waals surface area contributed by atoms with Crippen LogP contribution in [0, 0.1) is 24.0 Å². The first-order chi connectivity index (χ1) is 9.88. The number of rotatable bonds is 4. The number of aromatic nitrogens is 2. The number of carboxylic acid groups (broad SMARTS) is 1. The number of aryl methyl sites for hydroxylation is 2. The van der Waals surface area contributed by atoms with Gasteiger partial charge in [0.15, 0.2) is 0 Å². The zero-order valence-electron chi connectivity index (χ0n) is 11.2. The third-order valence-electron chi connectivity index (χ3n) is 2.70. The molecule has 0 aliphatic rings. The summed E-state index contributed by atoms with van der Waals surface area (Å²) in [6.45, 7) is 3.25. The molecule has 0 spiro atoms. The van der Waals surface area contributed by atoms with E-state index in [0.717, 1.165) is 11.8 Å². The van der Waals surface area contributed by atoms with Crippen LogP contribution in [-0.2, 0) is 0 Å². The van der Waals surface area contributed by atoms with Crippen molar-refractivity contribution >= 4 is 11.7 Å². The van der Waals surface area contributed by atoms with Crippen molar-refractivity contribution < 1.29 is 19.6 Å². The number of benzene rings is 1. The van der Waals surface area contributed by atoms with Crippen LogP contribution in [0.1, 0.15) is 21.6 Å². The lowest BCUT2D eigenvalue weighted by Crippen LogP contribution is -2.05. The van der Waals surface area contributed by atoms with Crippen molar-refractivity contribution in [2.24, 2.45) is 0 Å². The van der Waals surface area contributed by atoms with Crippen molar-refractivity contribution in [3.8, 4) is 11.8 Å². The summed E-state index contributed by atoms with van der Waals surface area (Å²) in [6.07, 6.45) is 1.10. The quantitative estimate of drug-likeness (QED) is 0.678. The van der Waals surface area contributed by atoms with Gasteiger partial charge in [-0.2, -0.15) is 4.98 Å². The Kier molecular flexibility index (Phi) is 3.79. The van der Waals surface area contributed by atoms with Crippen molar-refractivity contribution in [3.05, 3.63) is 51.3 Å². The van der Waals surface area contributed by atoms with E-state index in [2.05, 4.69) is 9.97 Å². The number of nitrogens with zero attached hydrogens (tertiary/aromatic N) is 3. The van der Waals surface area contributed by atoms with Crippen LogP contribution in [0.15, 0.2) is 24.4 Å². The van der Waals surface area contributed by atoms with E-state index in [9.17, 15) is 14.9 Å². The Hall–Kier alpha value is -3.03. The van der Waals surface area contributed by atoms with E-state index >= 15 is 0 Å². The van der Waals surface area contributed by atoms with Gasteiger partial charge in [0.05, 0.1) is 16.2 Å². The number of nitro groups is 1. The predicted octanol–water partition coefficient (Wildman–Crippen LogP) is 2.49. The Bertz CT molecular complexity index is 730. The molecule has 0 amide bonds. The van der Waals surface area contributed by atoms with Crippen molar-refractivity contribution in [1.82, 2.24) is 9.97 Å². The second-order valence-electron chi connectivity index (χ2n) is 4.29. The molecule has 108 valence electrons. The summed E-state index contributed by atoms with van der Waals surface area (Å²) in [5, 5.41) is 19.8. The molecule has 0 fully saturated rings. The van der Waals surface area contributed by atoms with Crippen LogP contribution in [0.4, 0.5) is 5.69 Å². The van der Waals surface area contributed by atoms with Crippen molar-refractivity contribution in [2.75, 3.05) is 0 Å². The minimum Gasteiger partial charge on any atom is -0.478 e. The third-order valence-corrected chi connectivity index (χ3v) is 2.70. The minimum atomic E-state index is -1.15. The summed E-state index contributed by atoms with van der Waals surface area (Å²) in [7, 11) is 0. The van der Waals surface area contributed by atoms with E-state index in [1.807, 2.05) is 0 Å². The first-order valence-electron chi connectivity index (χ1n) is 5.88. The number of nitro benzene ring substituents is 1. The largest absolute Gasteiger partial charge is 0.478 e. The Balaban J connectivity index is 2.38. The smallest absolute Gasteiger partial charge is 0.339 e. The Morgan fingerprint density at radius 1 is 1.38 bits per heavy atom. The van der Waals surface area contributed by atoms with Crippen LogP contribution in [-0.4, -0.2) is 26.0 Å². The lowest BCUT2D eigenvalue weighted by Gasteiger charge is -2.07. The van der Waals surface area contributed by atoms with Gasteiger partial charge in [-0.05, 0) is 25.5 Å². The second kappa shape index (κ2) is 5.53.